The number of hydrogen-bond donors (Lipinski definition) is 1. The summed E-state index contributed by atoms with van der Waals surface area (Å²) in [4.78, 5) is 13.7. The van der Waals surface area contributed by atoms with Crippen LogP contribution in [0.15, 0.2) is 24.3 Å². The fourth-order valence-electron chi connectivity index (χ4n) is 2.14. The standard InChI is InChI=1S/C14H15F3N2O2S/c1-13(2)8-19(12(22)18-13)11(20)7-9-3-5-10(6-4-9)21-14(15,16)17/h3-6H,7-8H2,1-2H3,(H,18,22). The maximum absolute atomic E-state index is 12.2. The summed E-state index contributed by atoms with van der Waals surface area (Å²) >= 11 is 5.11. The minimum absolute atomic E-state index is 0.0597. The van der Waals surface area contributed by atoms with Crippen LogP contribution in [0.5, 0.6) is 5.75 Å². The van der Waals surface area contributed by atoms with Crippen molar-refractivity contribution in [2.24, 2.45) is 0 Å². The molecule has 0 aliphatic carbocycles. The van der Waals surface area contributed by atoms with Gasteiger partial charge < -0.3 is 10.1 Å². The number of hydrogen-bond acceptors (Lipinski definition) is 3. The molecule has 0 spiro atoms. The summed E-state index contributed by atoms with van der Waals surface area (Å²) in [5, 5.41) is 3.40. The van der Waals surface area contributed by atoms with Gasteiger partial charge in [0, 0.05) is 0 Å². The topological polar surface area (TPSA) is 41.6 Å². The number of amides is 1. The van der Waals surface area contributed by atoms with E-state index in [0.717, 1.165) is 0 Å². The Hall–Kier alpha value is -1.83. The Morgan fingerprint density at radius 1 is 1.36 bits per heavy atom. The molecule has 1 aromatic carbocycles. The van der Waals surface area contributed by atoms with E-state index in [1.807, 2.05) is 13.8 Å². The number of ether oxygens (including phenoxy) is 1. The third kappa shape index (κ3) is 4.33. The summed E-state index contributed by atoms with van der Waals surface area (Å²) in [6, 6.07) is 5.22. The Bertz CT molecular complexity index is 585. The lowest BCUT2D eigenvalue weighted by molar-refractivity contribution is -0.274. The normalized spacial score (nSPS) is 17.3. The second-order valence-electron chi connectivity index (χ2n) is 5.66. The second kappa shape index (κ2) is 5.75. The summed E-state index contributed by atoms with van der Waals surface area (Å²) in [5.41, 5.74) is 0.309. The van der Waals surface area contributed by atoms with Gasteiger partial charge in [-0.2, -0.15) is 0 Å². The zero-order valence-electron chi connectivity index (χ0n) is 12.0. The lowest BCUT2D eigenvalue weighted by Crippen LogP contribution is -2.36. The maximum atomic E-state index is 12.2. The van der Waals surface area contributed by atoms with Crippen LogP contribution in [0.1, 0.15) is 19.4 Å². The van der Waals surface area contributed by atoms with Gasteiger partial charge in [0.05, 0.1) is 18.5 Å². The van der Waals surface area contributed by atoms with Crippen LogP contribution in [-0.4, -0.2) is 34.4 Å². The van der Waals surface area contributed by atoms with Crippen molar-refractivity contribution in [1.82, 2.24) is 10.2 Å². The molecule has 22 heavy (non-hydrogen) atoms. The molecular weight excluding hydrogens is 317 g/mol. The monoisotopic (exact) mass is 332 g/mol. The first-order valence-electron chi connectivity index (χ1n) is 6.53. The van der Waals surface area contributed by atoms with Crippen molar-refractivity contribution >= 4 is 23.2 Å². The van der Waals surface area contributed by atoms with E-state index in [-0.39, 0.29) is 23.6 Å². The minimum atomic E-state index is -4.73. The van der Waals surface area contributed by atoms with E-state index >= 15 is 0 Å². The van der Waals surface area contributed by atoms with E-state index in [2.05, 4.69) is 10.1 Å². The number of nitrogens with one attached hydrogen (secondary N) is 1. The molecule has 1 N–H and O–H groups in total. The number of carbonyl (C=O) groups excluding carboxylic acids is 1. The van der Waals surface area contributed by atoms with Crippen molar-refractivity contribution in [3.8, 4) is 5.75 Å². The summed E-state index contributed by atoms with van der Waals surface area (Å²) in [5.74, 6) is -0.518. The molecule has 0 radical (unpaired) electrons. The highest BCUT2D eigenvalue weighted by Gasteiger charge is 2.35. The SMILES string of the molecule is CC1(C)CN(C(=O)Cc2ccc(OC(F)(F)F)cc2)C(=S)N1. The Morgan fingerprint density at radius 2 is 1.95 bits per heavy atom. The number of benzene rings is 1. The van der Waals surface area contributed by atoms with Gasteiger partial charge in [0.15, 0.2) is 5.11 Å². The van der Waals surface area contributed by atoms with Gasteiger partial charge in [0.2, 0.25) is 5.91 Å². The Morgan fingerprint density at radius 3 is 2.41 bits per heavy atom. The quantitative estimate of drug-likeness (QED) is 0.864. The summed E-state index contributed by atoms with van der Waals surface area (Å²) in [6.07, 6.45) is -4.67. The van der Waals surface area contributed by atoms with Gasteiger partial charge in [-0.05, 0) is 43.8 Å². The Labute approximate surface area is 131 Å². The molecule has 1 heterocycles. The van der Waals surface area contributed by atoms with E-state index in [1.165, 1.54) is 29.2 Å². The highest BCUT2D eigenvalue weighted by molar-refractivity contribution is 7.80. The molecule has 0 aromatic heterocycles. The van der Waals surface area contributed by atoms with Crippen molar-refractivity contribution in [1.29, 1.82) is 0 Å². The molecule has 0 atom stereocenters. The molecule has 1 fully saturated rings. The van der Waals surface area contributed by atoms with Crippen LogP contribution in [0.3, 0.4) is 0 Å². The molecule has 1 aliphatic heterocycles. The minimum Gasteiger partial charge on any atom is -0.406 e. The van der Waals surface area contributed by atoms with Gasteiger partial charge in [-0.3, -0.25) is 9.69 Å². The number of alkyl halides is 3. The Kier molecular flexibility index (Phi) is 4.32. The van der Waals surface area contributed by atoms with E-state index in [9.17, 15) is 18.0 Å². The molecule has 2 rings (SSSR count). The third-order valence-corrected chi connectivity index (χ3v) is 3.38. The van der Waals surface area contributed by atoms with E-state index in [4.69, 9.17) is 12.2 Å². The largest absolute Gasteiger partial charge is 0.573 e. The maximum Gasteiger partial charge on any atom is 0.573 e. The van der Waals surface area contributed by atoms with Gasteiger partial charge >= 0.3 is 6.36 Å². The van der Waals surface area contributed by atoms with Gasteiger partial charge in [-0.25, -0.2) is 0 Å². The summed E-state index contributed by atoms with van der Waals surface area (Å²) < 4.78 is 40.0. The molecule has 0 unspecified atom stereocenters. The fourth-order valence-corrected chi connectivity index (χ4v) is 2.59. The van der Waals surface area contributed by atoms with Gasteiger partial charge in [0.1, 0.15) is 5.75 Å². The van der Waals surface area contributed by atoms with Crippen LogP contribution in [0.25, 0.3) is 0 Å². The zero-order chi connectivity index (χ0) is 16.5. The van der Waals surface area contributed by atoms with Crippen molar-refractivity contribution in [3.63, 3.8) is 0 Å². The highest BCUT2D eigenvalue weighted by Crippen LogP contribution is 2.23. The fraction of sp³-hybridized carbons (Fsp3) is 0.429. The van der Waals surface area contributed by atoms with E-state index in [0.29, 0.717) is 17.2 Å². The predicted octanol–water partition coefficient (Wildman–Crippen LogP) is 2.62. The first kappa shape index (κ1) is 16.5. The first-order valence-corrected chi connectivity index (χ1v) is 6.94. The van der Waals surface area contributed by atoms with Crippen molar-refractivity contribution in [2.75, 3.05) is 6.54 Å². The van der Waals surface area contributed by atoms with Crippen molar-refractivity contribution < 1.29 is 22.7 Å². The molecule has 1 aromatic rings. The van der Waals surface area contributed by atoms with Crippen LogP contribution in [0.4, 0.5) is 13.2 Å². The number of rotatable bonds is 3. The van der Waals surface area contributed by atoms with Crippen LogP contribution < -0.4 is 10.1 Å². The smallest absolute Gasteiger partial charge is 0.406 e. The van der Waals surface area contributed by atoms with E-state index in [1.54, 1.807) is 0 Å². The number of thiocarbonyl (C=S) groups is 1. The van der Waals surface area contributed by atoms with Gasteiger partial charge in [0.25, 0.3) is 0 Å². The lowest BCUT2D eigenvalue weighted by atomic mass is 10.1. The average molecular weight is 332 g/mol. The third-order valence-electron chi connectivity index (χ3n) is 3.06. The first-order chi connectivity index (χ1) is 10.1. The average Bonchev–Trinajstić information content (AvgIpc) is 2.63. The molecule has 0 saturated carbocycles. The van der Waals surface area contributed by atoms with Crippen LogP contribution in [-0.2, 0) is 11.2 Å². The second-order valence-corrected chi connectivity index (χ2v) is 6.05. The molecule has 8 heteroatoms. The molecule has 1 saturated heterocycles. The molecule has 4 nitrogen and oxygen atoms in total. The van der Waals surface area contributed by atoms with Crippen LogP contribution >= 0.6 is 12.2 Å². The van der Waals surface area contributed by atoms with E-state index < -0.39 is 6.36 Å². The van der Waals surface area contributed by atoms with Crippen molar-refractivity contribution in [3.05, 3.63) is 29.8 Å². The Balaban J connectivity index is 1.99. The summed E-state index contributed by atoms with van der Waals surface area (Å²) in [6.45, 7) is 4.31. The van der Waals surface area contributed by atoms with Gasteiger partial charge in [-0.15, -0.1) is 13.2 Å². The predicted molar refractivity (Wildman–Crippen MR) is 78.4 cm³/mol. The number of carbonyl (C=O) groups is 1. The highest BCUT2D eigenvalue weighted by atomic mass is 32.1. The number of nitrogens with zero attached hydrogens (tertiary/aromatic N) is 1. The number of halogens is 3. The zero-order valence-corrected chi connectivity index (χ0v) is 12.8. The van der Waals surface area contributed by atoms with Crippen LogP contribution in [0.2, 0.25) is 0 Å². The molecule has 120 valence electrons. The van der Waals surface area contributed by atoms with Gasteiger partial charge in [-0.1, -0.05) is 12.1 Å². The molecular formula is C14H15F3N2O2S. The lowest BCUT2D eigenvalue weighted by Gasteiger charge is -2.17. The molecule has 1 amide bonds. The molecule has 1 aliphatic rings. The summed E-state index contributed by atoms with van der Waals surface area (Å²) in [7, 11) is 0. The van der Waals surface area contributed by atoms with Crippen molar-refractivity contribution in [2.45, 2.75) is 32.2 Å². The van der Waals surface area contributed by atoms with Crippen LogP contribution in [0, 0.1) is 0 Å². The molecule has 0 bridgehead atoms.